The fourth-order valence-corrected chi connectivity index (χ4v) is 4.18. The highest BCUT2D eigenvalue weighted by Crippen LogP contribution is 2.40. The highest BCUT2D eigenvalue weighted by atomic mass is 35.5. The number of halogens is 3. The molecule has 31 heavy (non-hydrogen) atoms. The van der Waals surface area contributed by atoms with E-state index in [1.807, 2.05) is 6.07 Å². The van der Waals surface area contributed by atoms with Crippen molar-refractivity contribution in [2.45, 2.75) is 38.6 Å². The van der Waals surface area contributed by atoms with E-state index in [2.05, 4.69) is 4.85 Å². The summed E-state index contributed by atoms with van der Waals surface area (Å²) < 4.78 is 29.5. The van der Waals surface area contributed by atoms with E-state index in [9.17, 15) is 13.6 Å². The Hall–Kier alpha value is -3.07. The molecular formula is C22H17ClF2N4OS. The van der Waals surface area contributed by atoms with Crippen LogP contribution in [0.1, 0.15) is 32.3 Å². The summed E-state index contributed by atoms with van der Waals surface area (Å²) in [4.78, 5) is 18.8. The second-order valence-electron chi connectivity index (χ2n) is 7.45. The third-order valence-corrected chi connectivity index (χ3v) is 5.83. The van der Waals surface area contributed by atoms with Crippen LogP contribution in [0.2, 0.25) is 5.02 Å². The van der Waals surface area contributed by atoms with Crippen LogP contribution < -0.4 is 9.80 Å². The number of hydrogen-bond donors (Lipinski definition) is 0. The van der Waals surface area contributed by atoms with Gasteiger partial charge in [0.2, 0.25) is 5.69 Å². The van der Waals surface area contributed by atoms with Gasteiger partial charge in [0.1, 0.15) is 11.4 Å². The molecule has 1 saturated heterocycles. The van der Waals surface area contributed by atoms with E-state index < -0.39 is 28.1 Å². The van der Waals surface area contributed by atoms with E-state index >= 15 is 0 Å². The summed E-state index contributed by atoms with van der Waals surface area (Å²) >= 11 is 11.4. The zero-order chi connectivity index (χ0) is 22.9. The minimum absolute atomic E-state index is 0.0304. The predicted octanol–water partition coefficient (Wildman–Crippen LogP) is 5.93. The van der Waals surface area contributed by atoms with Crippen molar-refractivity contribution in [1.29, 1.82) is 5.26 Å². The second kappa shape index (κ2) is 8.58. The van der Waals surface area contributed by atoms with Crippen LogP contribution in [0.4, 0.5) is 25.8 Å². The van der Waals surface area contributed by atoms with Crippen molar-refractivity contribution in [2.24, 2.45) is 0 Å². The van der Waals surface area contributed by atoms with Gasteiger partial charge in [0, 0.05) is 12.1 Å². The van der Waals surface area contributed by atoms with Crippen molar-refractivity contribution in [1.82, 2.24) is 0 Å². The van der Waals surface area contributed by atoms with Crippen LogP contribution in [0, 0.1) is 29.5 Å². The van der Waals surface area contributed by atoms with Gasteiger partial charge in [0.15, 0.2) is 10.9 Å². The van der Waals surface area contributed by atoms with Gasteiger partial charge in [-0.15, -0.1) is 0 Å². The number of nitriles is 1. The van der Waals surface area contributed by atoms with Crippen molar-refractivity contribution < 1.29 is 13.6 Å². The van der Waals surface area contributed by atoms with Gasteiger partial charge >= 0.3 is 0 Å². The zero-order valence-corrected chi connectivity index (χ0v) is 18.3. The first-order valence-corrected chi connectivity index (χ1v) is 10.1. The molecule has 0 saturated carbocycles. The number of nitrogens with zero attached hydrogens (tertiary/aromatic N) is 4. The summed E-state index contributed by atoms with van der Waals surface area (Å²) in [5, 5.41) is 8.22. The minimum Gasteiger partial charge on any atom is -0.303 e. The summed E-state index contributed by atoms with van der Waals surface area (Å²) in [5.74, 6) is -1.92. The first-order chi connectivity index (χ1) is 14.6. The third-order valence-electron chi connectivity index (χ3n) is 5.10. The standard InChI is InChI=1S/C22H17ClF2N4OS/c1-22(2)20(30)28(17-10-9-16(27-3)18(23)19(17)25)21(31)29(22)14-8-7-13(15(24)12-14)6-4-5-11-26/h7-10,12H,4-6H2,1-2H3. The number of rotatable bonds is 5. The average molecular weight is 459 g/mol. The number of aryl methyl sites for hydroxylation is 1. The van der Waals surface area contributed by atoms with Crippen LogP contribution >= 0.6 is 23.8 Å². The summed E-state index contributed by atoms with van der Waals surface area (Å²) in [5.41, 5.74) is -0.667. The fourth-order valence-electron chi connectivity index (χ4n) is 3.46. The first-order valence-electron chi connectivity index (χ1n) is 9.34. The van der Waals surface area contributed by atoms with Crippen LogP contribution in [0.15, 0.2) is 30.3 Å². The van der Waals surface area contributed by atoms with E-state index in [-0.39, 0.29) is 16.5 Å². The lowest BCUT2D eigenvalue weighted by molar-refractivity contribution is -0.120. The number of thiocarbonyl (C=S) groups is 1. The average Bonchev–Trinajstić information content (AvgIpc) is 2.90. The number of carbonyl (C=O) groups excluding carboxylic acids is 1. The molecule has 0 bridgehead atoms. The molecule has 9 heteroatoms. The Labute approximate surface area is 189 Å². The number of anilines is 2. The van der Waals surface area contributed by atoms with Crippen LogP contribution in [0.3, 0.4) is 0 Å². The molecule has 0 spiro atoms. The molecule has 2 aromatic rings. The SMILES string of the molecule is [C-]#[N+]c1ccc(N2C(=O)C(C)(C)N(c3ccc(CCCC#N)c(F)c3)C2=S)c(F)c1Cl. The number of carbonyl (C=O) groups is 1. The maximum Gasteiger partial charge on any atom is 0.259 e. The van der Waals surface area contributed by atoms with E-state index in [0.717, 1.165) is 4.90 Å². The molecule has 0 atom stereocenters. The highest BCUT2D eigenvalue weighted by molar-refractivity contribution is 7.81. The molecule has 0 aliphatic carbocycles. The smallest absolute Gasteiger partial charge is 0.259 e. The Kier molecular flexibility index (Phi) is 6.26. The molecule has 1 heterocycles. The Morgan fingerprint density at radius 2 is 2.00 bits per heavy atom. The van der Waals surface area contributed by atoms with Gasteiger partial charge in [-0.1, -0.05) is 23.7 Å². The van der Waals surface area contributed by atoms with Gasteiger partial charge in [0.05, 0.1) is 23.4 Å². The summed E-state index contributed by atoms with van der Waals surface area (Å²) in [6.45, 7) is 10.3. The highest BCUT2D eigenvalue weighted by Gasteiger charge is 2.51. The lowest BCUT2D eigenvalue weighted by Gasteiger charge is -2.29. The van der Waals surface area contributed by atoms with Crippen LogP contribution in [-0.2, 0) is 11.2 Å². The quantitative estimate of drug-likeness (QED) is 0.316. The molecule has 0 unspecified atom stereocenters. The van der Waals surface area contributed by atoms with Crippen LogP contribution in [-0.4, -0.2) is 16.6 Å². The second-order valence-corrected chi connectivity index (χ2v) is 8.19. The topological polar surface area (TPSA) is 51.7 Å². The van der Waals surface area contributed by atoms with Gasteiger partial charge in [-0.05, 0) is 62.7 Å². The Balaban J connectivity index is 2.01. The first kappa shape index (κ1) is 22.6. The largest absolute Gasteiger partial charge is 0.303 e. The minimum atomic E-state index is -1.22. The molecule has 2 aromatic carbocycles. The fraction of sp³-hybridized carbons (Fsp3) is 0.273. The summed E-state index contributed by atoms with van der Waals surface area (Å²) in [6.07, 6.45) is 1.28. The molecule has 1 amide bonds. The summed E-state index contributed by atoms with van der Waals surface area (Å²) in [7, 11) is 0. The molecule has 5 nitrogen and oxygen atoms in total. The van der Waals surface area contributed by atoms with Crippen LogP contribution in [0.5, 0.6) is 0 Å². The van der Waals surface area contributed by atoms with Gasteiger partial charge in [-0.2, -0.15) is 5.26 Å². The normalized spacial score (nSPS) is 15.2. The Morgan fingerprint density at radius 1 is 1.29 bits per heavy atom. The number of benzene rings is 2. The van der Waals surface area contributed by atoms with Gasteiger partial charge in [-0.25, -0.2) is 13.6 Å². The maximum absolute atomic E-state index is 14.9. The van der Waals surface area contributed by atoms with E-state index in [1.54, 1.807) is 26.0 Å². The van der Waals surface area contributed by atoms with E-state index in [0.29, 0.717) is 30.5 Å². The third kappa shape index (κ3) is 3.85. The Morgan fingerprint density at radius 3 is 2.61 bits per heavy atom. The molecular weight excluding hydrogens is 442 g/mol. The van der Waals surface area contributed by atoms with Gasteiger partial charge in [-0.3, -0.25) is 9.69 Å². The molecule has 0 N–H and O–H groups in total. The summed E-state index contributed by atoms with van der Waals surface area (Å²) in [6, 6.07) is 9.12. The van der Waals surface area contributed by atoms with E-state index in [1.165, 1.54) is 23.1 Å². The van der Waals surface area contributed by atoms with Gasteiger partial charge < -0.3 is 4.90 Å². The van der Waals surface area contributed by atoms with Gasteiger partial charge in [0.25, 0.3) is 5.91 Å². The molecule has 0 radical (unpaired) electrons. The van der Waals surface area contributed by atoms with Crippen LogP contribution in [0.25, 0.3) is 4.85 Å². The Bertz CT molecular complexity index is 1170. The lowest BCUT2D eigenvalue weighted by atomic mass is 10.0. The monoisotopic (exact) mass is 458 g/mol. The molecule has 1 aliphatic heterocycles. The molecule has 1 fully saturated rings. The molecule has 1 aliphatic rings. The molecule has 158 valence electrons. The van der Waals surface area contributed by atoms with E-state index in [4.69, 9.17) is 35.7 Å². The van der Waals surface area contributed by atoms with Crippen molar-refractivity contribution in [3.8, 4) is 6.07 Å². The predicted molar refractivity (Wildman–Crippen MR) is 119 cm³/mol. The zero-order valence-electron chi connectivity index (χ0n) is 16.7. The maximum atomic E-state index is 14.9. The van der Waals surface area contributed by atoms with Crippen molar-refractivity contribution >= 4 is 51.9 Å². The molecule has 3 rings (SSSR count). The number of hydrogen-bond acceptors (Lipinski definition) is 3. The van der Waals surface area contributed by atoms with Crippen molar-refractivity contribution in [3.05, 3.63) is 64.0 Å². The molecule has 0 aromatic heterocycles. The number of unbranched alkanes of at least 4 members (excludes halogenated alkanes) is 1. The van der Waals surface area contributed by atoms with Crippen molar-refractivity contribution in [2.75, 3.05) is 9.80 Å². The lowest BCUT2D eigenvalue weighted by Crippen LogP contribution is -2.44. The number of amides is 1. The van der Waals surface area contributed by atoms with Crippen molar-refractivity contribution in [3.63, 3.8) is 0 Å².